The zero-order chi connectivity index (χ0) is 58.7. The quantitative estimate of drug-likeness (QED) is 0.149. The summed E-state index contributed by atoms with van der Waals surface area (Å²) in [7, 11) is 0. The molecule has 5 nitrogen and oxygen atoms in total. The van der Waals surface area contributed by atoms with E-state index in [0.717, 1.165) is 27.8 Å². The van der Waals surface area contributed by atoms with Crippen LogP contribution in [0, 0.1) is 21.4 Å². The molecule has 0 fully saturated rings. The van der Waals surface area contributed by atoms with Gasteiger partial charge in [0, 0.05) is 6.20 Å². The number of hydrogen-bond donors (Lipinski definition) is 0. The number of aromatic nitrogens is 4. The Hall–Kier alpha value is -6.55. The third-order valence-corrected chi connectivity index (χ3v) is 16.8. The average molecular weight is 1120 g/mol. The molecule has 0 spiro atoms. The Balaban J connectivity index is 1.14. The molecule has 1 aliphatic carbocycles. The minimum atomic E-state index is -0.637. The molecule has 0 radical (unpaired) electrons. The molecule has 10 aromatic rings. The van der Waals surface area contributed by atoms with Gasteiger partial charge < -0.3 is 0 Å². The Kier molecular flexibility index (Phi) is 8.46. The first-order valence-corrected chi connectivity index (χ1v) is 25.2. The van der Waals surface area contributed by atoms with Crippen LogP contribution in [0.15, 0.2) is 158 Å². The van der Waals surface area contributed by atoms with Crippen molar-refractivity contribution < 1.29 is 37.8 Å². The van der Waals surface area contributed by atoms with Crippen LogP contribution < -0.4 is 4.74 Å². The first kappa shape index (κ1) is 36.4. The van der Waals surface area contributed by atoms with Gasteiger partial charge in [0.25, 0.3) is 0 Å². The molecule has 0 atom stereocenters. The van der Waals surface area contributed by atoms with E-state index < -0.39 is 65.8 Å². The molecule has 1 aliphatic rings. The Morgan fingerprint density at radius 1 is 0.592 bits per heavy atom. The zero-order valence-electron chi connectivity index (χ0n) is 52.3. The first-order valence-electron chi connectivity index (χ1n) is 29.1. The summed E-state index contributed by atoms with van der Waals surface area (Å²) in [6.45, 7) is 26.7. The summed E-state index contributed by atoms with van der Waals surface area (Å²) in [6.07, 6.45) is 1.88. The second-order valence-corrected chi connectivity index (χ2v) is 23.4. The van der Waals surface area contributed by atoms with Gasteiger partial charge in [0.1, 0.15) is 0 Å². The Bertz CT molecular complexity index is 4270. The van der Waals surface area contributed by atoms with Gasteiger partial charge in [0.05, 0.1) is 0 Å². The van der Waals surface area contributed by atoms with Crippen LogP contribution in [-0.4, -0.2) is 18.7 Å². The first-order chi connectivity index (χ1) is 37.8. The molecule has 71 heavy (non-hydrogen) atoms. The maximum atomic E-state index is 9.35. The molecule has 360 valence electrons. The summed E-state index contributed by atoms with van der Waals surface area (Å²) >= 11 is 2.19. The summed E-state index contributed by atoms with van der Waals surface area (Å²) in [5.41, 5.74) is 7.41. The molecule has 0 aliphatic heterocycles. The summed E-state index contributed by atoms with van der Waals surface area (Å²) in [4.78, 5) is 5.00. The van der Waals surface area contributed by atoms with Crippen LogP contribution in [0.25, 0.3) is 72.3 Å². The summed E-state index contributed by atoms with van der Waals surface area (Å²) in [5, 5.41) is 2.21. The predicted octanol–water partition coefficient (Wildman–Crippen LogP) is 16.9. The van der Waals surface area contributed by atoms with Gasteiger partial charge >= 0.3 is 333 Å². The van der Waals surface area contributed by atoms with E-state index in [-0.39, 0.29) is 49.6 Å². The molecule has 0 saturated carbocycles. The molecule has 0 saturated heterocycles. The second-order valence-electron chi connectivity index (χ2n) is 22.4. The number of para-hydroxylation sites is 2. The third-order valence-electron chi connectivity index (χ3n) is 15.7. The third kappa shape index (κ3) is 7.36. The van der Waals surface area contributed by atoms with Crippen LogP contribution in [0.5, 0.6) is 11.5 Å². The molecular weight excluding hydrogens is 1050 g/mol. The number of imidazole rings is 1. The van der Waals surface area contributed by atoms with Crippen LogP contribution in [0.3, 0.4) is 0 Å². The van der Waals surface area contributed by atoms with E-state index in [1.807, 2.05) is 84.6 Å². The number of rotatable bonds is 7. The molecule has 11 rings (SSSR count). The van der Waals surface area contributed by atoms with Gasteiger partial charge in [-0.1, -0.05) is 68.4 Å². The Labute approximate surface area is 444 Å². The Morgan fingerprint density at radius 2 is 1.20 bits per heavy atom. The fraction of sp³-hybridized carbons (Fsp3) is 0.262. The van der Waals surface area contributed by atoms with E-state index in [1.165, 1.54) is 16.5 Å². The van der Waals surface area contributed by atoms with Crippen LogP contribution in [0.2, 0.25) is 0 Å². The van der Waals surface area contributed by atoms with Crippen LogP contribution in [0.1, 0.15) is 119 Å². The van der Waals surface area contributed by atoms with Gasteiger partial charge in [-0.15, -0.1) is 0 Å². The van der Waals surface area contributed by atoms with Crippen LogP contribution in [0.4, 0.5) is 0 Å². The van der Waals surface area contributed by atoms with Gasteiger partial charge in [-0.2, -0.15) is 0 Å². The predicted molar refractivity (Wildman–Crippen MR) is 290 cm³/mol. The molecule has 3 aromatic heterocycles. The van der Waals surface area contributed by atoms with Crippen molar-refractivity contribution in [3.8, 4) is 50.9 Å². The van der Waals surface area contributed by atoms with Gasteiger partial charge in [0.15, 0.2) is 0 Å². The molecule has 3 heterocycles. The fourth-order valence-corrected chi connectivity index (χ4v) is 11.8. The van der Waals surface area contributed by atoms with Crippen molar-refractivity contribution >= 4 is 32.8 Å². The SMILES string of the molecule is [2H]c1c([2H])c([2H])c(-c2cc(C(C)(C)C)cc(-c3c([2H])c([2H])c([2H])c([2H])c3[2H])c2-n2[c](=[Pt])n(-c3[c-]c(Oc4[c-]c5c(cc4)c4c6c(ccc4n5-c4cc(C(C)(C)C)ccn4)C(C)(C)C(C)(C)C6(C)C)ccc3)c3ccccc32)c([2H])c1[2H]. The normalized spacial score (nSPS) is 17.2. The van der Waals surface area contributed by atoms with E-state index in [2.05, 4.69) is 129 Å². The number of ether oxygens (including phenoxy) is 1. The summed E-state index contributed by atoms with van der Waals surface area (Å²) in [5.74, 6) is 1.62. The van der Waals surface area contributed by atoms with Gasteiger partial charge in [0.2, 0.25) is 0 Å². The van der Waals surface area contributed by atoms with E-state index >= 15 is 0 Å². The van der Waals surface area contributed by atoms with Crippen LogP contribution in [-0.2, 0) is 41.0 Å². The molecular formula is C65H62N4OPt-2. The number of hydrogen-bond acceptors (Lipinski definition) is 2. The standard InChI is InChI=1S/C65H62N4O.Pt/c1-61(2,3)44-34-35-66-57(38-44)69-55-33-32-52-59(64(9,10)65(11,12)63(52,7)8)58(55)49-31-30-48(40-56(49)69)70-47-27-21-26-46(39-47)67-41-68(54-29-20-19-28-53(54)67)60-50(42-22-15-13-16-23-42)36-45(62(4,5)6)37-51(60)43-24-17-14-18-25-43;/h13-38H,1-12H3;/q-2;/i13D,14D,15D,16D,17D,18D,22D,23D,24D,25D;. The van der Waals surface area contributed by atoms with E-state index in [1.54, 1.807) is 12.1 Å². The Morgan fingerprint density at radius 3 is 1.82 bits per heavy atom. The van der Waals surface area contributed by atoms with Crippen molar-refractivity contribution in [2.45, 2.75) is 105 Å². The topological polar surface area (TPSA) is 36.9 Å². The van der Waals surface area contributed by atoms with Crippen molar-refractivity contribution in [2.75, 3.05) is 0 Å². The van der Waals surface area contributed by atoms with Gasteiger partial charge in [-0.3, -0.25) is 0 Å². The zero-order valence-corrected chi connectivity index (χ0v) is 44.5. The van der Waals surface area contributed by atoms with Crippen molar-refractivity contribution in [1.29, 1.82) is 0 Å². The van der Waals surface area contributed by atoms with Gasteiger partial charge in [-0.05, 0) is 38.9 Å². The summed E-state index contributed by atoms with van der Waals surface area (Å²) in [6, 6.07) is 31.7. The van der Waals surface area contributed by atoms with E-state index in [9.17, 15) is 5.48 Å². The van der Waals surface area contributed by atoms with Crippen molar-refractivity contribution in [3.63, 3.8) is 0 Å². The number of nitrogens with zero attached hydrogens (tertiary/aromatic N) is 4. The van der Waals surface area contributed by atoms with E-state index in [0.29, 0.717) is 37.6 Å². The monoisotopic (exact) mass is 1120 g/mol. The number of fused-ring (bicyclic) bond motifs is 6. The molecule has 7 aromatic carbocycles. The molecule has 0 bridgehead atoms. The number of pyridine rings is 1. The van der Waals surface area contributed by atoms with Crippen LogP contribution >= 0.6 is 0 Å². The van der Waals surface area contributed by atoms with Crippen molar-refractivity contribution in [3.05, 3.63) is 196 Å². The fourth-order valence-electron chi connectivity index (χ4n) is 10.7. The average Bonchev–Trinajstić information content (AvgIpc) is 2.01. The maximum absolute atomic E-state index is 9.35. The van der Waals surface area contributed by atoms with E-state index in [4.69, 9.17) is 17.9 Å². The summed E-state index contributed by atoms with van der Waals surface area (Å²) < 4.78 is 103. The van der Waals surface area contributed by atoms with Gasteiger partial charge in [-0.25, -0.2) is 0 Å². The second kappa shape index (κ2) is 16.5. The molecule has 6 heteroatoms. The number of benzene rings is 7. The molecule has 0 N–H and O–H groups in total. The van der Waals surface area contributed by atoms with Crippen molar-refractivity contribution in [2.24, 2.45) is 5.41 Å². The molecule has 0 amide bonds. The minimum absolute atomic E-state index is 0.0820. The van der Waals surface area contributed by atoms with Crippen molar-refractivity contribution in [1.82, 2.24) is 18.7 Å². The molecule has 0 unspecified atom stereocenters.